The highest BCUT2D eigenvalue weighted by molar-refractivity contribution is 6.50. The van der Waals surface area contributed by atoms with E-state index in [1.165, 1.54) is 13.0 Å². The zero-order valence-electron chi connectivity index (χ0n) is 24.2. The number of nitrogens with zero attached hydrogens (tertiary/aromatic N) is 1. The number of carbonyl (C=O) groups is 5. The van der Waals surface area contributed by atoms with Crippen molar-refractivity contribution in [3.05, 3.63) is 54.2 Å². The number of hydrogen-bond acceptors (Lipinski definition) is 9. The molecule has 3 N–H and O–H groups in total. The van der Waals surface area contributed by atoms with Crippen LogP contribution in [-0.4, -0.2) is 69.5 Å². The molecule has 224 valence electrons. The average Bonchev–Trinajstić information content (AvgIpc) is 2.94. The van der Waals surface area contributed by atoms with Crippen molar-refractivity contribution < 1.29 is 43.5 Å². The summed E-state index contributed by atoms with van der Waals surface area (Å²) in [6.07, 6.45) is -2.58. The van der Waals surface area contributed by atoms with Crippen molar-refractivity contribution in [2.24, 2.45) is 5.92 Å². The summed E-state index contributed by atoms with van der Waals surface area (Å²) < 4.78 is 11.3. The number of pyridine rings is 1. The third-order valence-corrected chi connectivity index (χ3v) is 7.07. The normalized spacial score (nSPS) is 19.0. The number of aromatic nitrogens is 1. The molecule has 2 heterocycles. The minimum atomic E-state index is -1.91. The molecule has 0 bridgehead atoms. The van der Waals surface area contributed by atoms with Gasteiger partial charge in [0.25, 0.3) is 11.9 Å². The summed E-state index contributed by atoms with van der Waals surface area (Å²) >= 11 is 0. The summed E-state index contributed by atoms with van der Waals surface area (Å²) in [5, 5.41) is 22.5. The Labute approximate surface area is 245 Å². The summed E-state index contributed by atoms with van der Waals surface area (Å²) in [4.78, 5) is 68.1. The first-order valence-electron chi connectivity index (χ1n) is 14.0. The maximum absolute atomic E-state index is 13.5. The van der Waals surface area contributed by atoms with Gasteiger partial charge in [-0.1, -0.05) is 57.2 Å². The van der Waals surface area contributed by atoms with Gasteiger partial charge in [-0.3, -0.25) is 24.0 Å². The lowest BCUT2D eigenvalue weighted by Crippen LogP contribution is -2.56. The van der Waals surface area contributed by atoms with Crippen molar-refractivity contribution in [3.8, 4) is 11.3 Å². The van der Waals surface area contributed by atoms with E-state index in [1.54, 1.807) is 19.1 Å². The van der Waals surface area contributed by atoms with Crippen LogP contribution in [0.1, 0.15) is 70.3 Å². The fraction of sp³-hybridized carbons (Fsp3) is 0.467. The lowest BCUT2D eigenvalue weighted by Gasteiger charge is -2.39. The molecule has 1 amide bonds. The minimum absolute atomic E-state index is 0.00713. The van der Waals surface area contributed by atoms with Crippen molar-refractivity contribution >= 4 is 36.5 Å². The van der Waals surface area contributed by atoms with Crippen LogP contribution in [0.15, 0.2) is 48.5 Å². The van der Waals surface area contributed by atoms with E-state index in [4.69, 9.17) is 9.31 Å². The highest BCUT2D eigenvalue weighted by Crippen LogP contribution is 2.37. The fourth-order valence-electron chi connectivity index (χ4n) is 5.12. The quantitative estimate of drug-likeness (QED) is 0.282. The van der Waals surface area contributed by atoms with Crippen LogP contribution in [0.2, 0.25) is 5.82 Å². The third kappa shape index (κ3) is 8.33. The molecule has 0 spiro atoms. The molecule has 0 unspecified atom stereocenters. The van der Waals surface area contributed by atoms with Crippen LogP contribution in [-0.2, 0) is 28.5 Å². The molecule has 0 aliphatic carbocycles. The van der Waals surface area contributed by atoms with Crippen LogP contribution in [0, 0.1) is 5.92 Å². The predicted octanol–water partition coefficient (Wildman–Crippen LogP) is 3.25. The Morgan fingerprint density at radius 3 is 2.36 bits per heavy atom. The molecule has 0 radical (unpaired) electrons. The Kier molecular flexibility index (Phi) is 11.1. The number of aliphatic carboxylic acids is 1. The van der Waals surface area contributed by atoms with Gasteiger partial charge in [0.05, 0.1) is 24.6 Å². The number of carboxylic acids is 1. The number of ketones is 2. The summed E-state index contributed by atoms with van der Waals surface area (Å²) in [6.45, 7) is 6.66. The first-order chi connectivity index (χ1) is 19.8. The molecular formula is C30H37BN2O9. The molecule has 1 aromatic carbocycles. The predicted molar refractivity (Wildman–Crippen MR) is 153 cm³/mol. The molecule has 1 aromatic heterocycles. The molecular weight excluding hydrogens is 543 g/mol. The number of rotatable bonds is 14. The van der Waals surface area contributed by atoms with Crippen LogP contribution in [0.5, 0.6) is 0 Å². The number of aliphatic hydroxyl groups is 1. The third-order valence-electron chi connectivity index (χ3n) is 7.07. The van der Waals surface area contributed by atoms with Gasteiger partial charge in [0, 0.05) is 24.2 Å². The van der Waals surface area contributed by atoms with Gasteiger partial charge in [-0.25, -0.2) is 4.98 Å². The first kappa shape index (κ1) is 32.6. The summed E-state index contributed by atoms with van der Waals surface area (Å²) in [5.74, 6) is -4.69. The van der Waals surface area contributed by atoms with Gasteiger partial charge in [-0.15, -0.1) is 0 Å². The number of carboxylic acid groups (broad SMARTS) is 1. The number of aliphatic hydroxyl groups excluding tert-OH is 1. The van der Waals surface area contributed by atoms with Crippen molar-refractivity contribution in [2.75, 3.05) is 0 Å². The highest BCUT2D eigenvalue weighted by atomic mass is 16.6. The molecule has 11 nitrogen and oxygen atoms in total. The first-order valence-corrected chi connectivity index (χ1v) is 14.0. The second kappa shape index (κ2) is 14.3. The van der Waals surface area contributed by atoms with Crippen molar-refractivity contribution in [3.63, 3.8) is 0 Å². The van der Waals surface area contributed by atoms with Crippen molar-refractivity contribution in [1.82, 2.24) is 10.3 Å². The van der Waals surface area contributed by atoms with Gasteiger partial charge in [0.2, 0.25) is 0 Å². The Hall–Kier alpha value is -3.90. The second-order valence-corrected chi connectivity index (χ2v) is 11.0. The van der Waals surface area contributed by atoms with Crippen LogP contribution in [0.25, 0.3) is 11.3 Å². The van der Waals surface area contributed by atoms with E-state index >= 15 is 0 Å². The molecule has 12 heteroatoms. The number of Topliss-reactive ketones (excluding diaryl/α,β-unsaturated/α-hetero) is 2. The topological polar surface area (TPSA) is 169 Å². The van der Waals surface area contributed by atoms with Gasteiger partial charge in [-0.05, 0) is 31.4 Å². The van der Waals surface area contributed by atoms with Crippen LogP contribution < -0.4 is 5.32 Å². The van der Waals surface area contributed by atoms with E-state index < -0.39 is 72.9 Å². The van der Waals surface area contributed by atoms with Gasteiger partial charge >= 0.3 is 13.1 Å². The van der Waals surface area contributed by atoms with Crippen LogP contribution in [0.4, 0.5) is 0 Å². The number of benzene rings is 1. The van der Waals surface area contributed by atoms with Gasteiger partial charge < -0.3 is 24.8 Å². The number of carbonyl (C=O) groups excluding carboxylic acids is 4. The number of amides is 1. The maximum Gasteiger partial charge on any atom is 0.531 e. The maximum atomic E-state index is 13.5. The molecule has 1 aliphatic rings. The van der Waals surface area contributed by atoms with E-state index in [0.29, 0.717) is 12.1 Å². The van der Waals surface area contributed by atoms with E-state index in [2.05, 4.69) is 10.3 Å². The van der Waals surface area contributed by atoms with Crippen LogP contribution >= 0.6 is 0 Å². The molecule has 0 saturated carbocycles. The van der Waals surface area contributed by atoms with E-state index in [0.717, 1.165) is 5.56 Å². The molecule has 3 rings (SSSR count). The average molecular weight is 580 g/mol. The van der Waals surface area contributed by atoms with Gasteiger partial charge in [-0.2, -0.15) is 0 Å². The Bertz CT molecular complexity index is 1300. The molecule has 1 fully saturated rings. The lowest BCUT2D eigenvalue weighted by atomic mass is 9.63. The molecule has 4 atom stereocenters. The van der Waals surface area contributed by atoms with Crippen LogP contribution in [0.3, 0.4) is 0 Å². The molecule has 42 heavy (non-hydrogen) atoms. The largest absolute Gasteiger partial charge is 0.531 e. The van der Waals surface area contributed by atoms with E-state index in [-0.39, 0.29) is 24.5 Å². The van der Waals surface area contributed by atoms with Crippen molar-refractivity contribution in [1.29, 1.82) is 0 Å². The van der Waals surface area contributed by atoms with E-state index in [1.807, 2.05) is 44.2 Å². The van der Waals surface area contributed by atoms with Crippen molar-refractivity contribution in [2.45, 2.75) is 83.4 Å². The molecule has 2 aromatic rings. The Morgan fingerprint density at radius 2 is 1.76 bits per heavy atom. The zero-order valence-corrected chi connectivity index (χ0v) is 24.2. The summed E-state index contributed by atoms with van der Waals surface area (Å²) in [6, 6.07) is 12.8. The minimum Gasteiger partial charge on any atom is -0.509 e. The van der Waals surface area contributed by atoms with E-state index in [9.17, 15) is 34.2 Å². The second-order valence-electron chi connectivity index (χ2n) is 11.0. The molecule has 1 aliphatic heterocycles. The lowest BCUT2D eigenvalue weighted by molar-refractivity contribution is -0.163. The number of nitrogens with one attached hydrogen (secondary N) is 1. The monoisotopic (exact) mass is 580 g/mol. The van der Waals surface area contributed by atoms with Gasteiger partial charge in [0.15, 0.2) is 11.6 Å². The summed E-state index contributed by atoms with van der Waals surface area (Å²) in [5.41, 5.74) is -0.501. The standard InChI is InChI=1S/C30H37BN2O9/c1-5-25(36)30(16-26(37)38)17-27(39)41-31(42-30)21(14-18(2)3)15-24(35)28(19(4)34)33-29(40)23-13-9-12-22(32-23)20-10-7-6-8-11-20/h6-13,18-19,21,28,34H,5,14-17H2,1-4H3,(H,33,40)(H,37,38)/t19-,21-,28+,30-/m1/s1. The SMILES string of the molecule is CCC(=O)[C@@]1(CC(=O)O)CC(=O)OB([C@@H](CC(=O)[C@@H](NC(=O)c2cccc(-c3ccccc3)n2)[C@@H](C)O)CC(C)C)O1. The Balaban J connectivity index is 1.83. The Morgan fingerprint density at radius 1 is 1.07 bits per heavy atom. The zero-order chi connectivity index (χ0) is 31.0. The fourth-order valence-corrected chi connectivity index (χ4v) is 5.12. The van der Waals surface area contributed by atoms with Gasteiger partial charge in [0.1, 0.15) is 17.3 Å². The highest BCUT2D eigenvalue weighted by Gasteiger charge is 2.53. The molecule has 1 saturated heterocycles. The summed E-state index contributed by atoms with van der Waals surface area (Å²) in [7, 11) is -1.37. The smallest absolute Gasteiger partial charge is 0.509 e. The number of hydrogen-bond donors (Lipinski definition) is 3.